The second-order valence-electron chi connectivity index (χ2n) is 10.7. The molecule has 0 spiro atoms. The number of β-amino-alcohol motifs (C(OH)–C–C–N with tert-alkyl or cyclic N) is 1. The summed E-state index contributed by atoms with van der Waals surface area (Å²) in [5.41, 5.74) is 4.03. The number of aliphatic hydroxyl groups is 1. The van der Waals surface area contributed by atoms with Crippen molar-refractivity contribution in [1.29, 1.82) is 0 Å². The number of thiazole rings is 1. The van der Waals surface area contributed by atoms with Crippen LogP contribution in [0.5, 0.6) is 0 Å². The second-order valence-corrected chi connectivity index (χ2v) is 11.5. The van der Waals surface area contributed by atoms with Gasteiger partial charge in [0, 0.05) is 32.4 Å². The molecule has 1 aliphatic rings. The number of carbonyl (C=O) groups is 4. The molecule has 4 N–H and O–H groups in total. The van der Waals surface area contributed by atoms with Gasteiger partial charge in [0.1, 0.15) is 12.1 Å². The highest BCUT2D eigenvalue weighted by molar-refractivity contribution is 7.13. The predicted octanol–water partition coefficient (Wildman–Crippen LogP) is 2.48. The summed E-state index contributed by atoms with van der Waals surface area (Å²) in [7, 11) is 0. The van der Waals surface area contributed by atoms with E-state index in [0.717, 1.165) is 21.7 Å². The number of hydrogen-bond acceptors (Lipinski definition) is 7. The molecule has 3 atom stereocenters. The largest absolute Gasteiger partial charge is 0.481 e. The van der Waals surface area contributed by atoms with Crippen molar-refractivity contribution in [1.82, 2.24) is 20.5 Å². The zero-order chi connectivity index (χ0) is 28.0. The summed E-state index contributed by atoms with van der Waals surface area (Å²) in [6.07, 6.45) is -0.770. The minimum atomic E-state index is -0.994. The lowest BCUT2D eigenvalue weighted by molar-refractivity contribution is -0.144. The number of amides is 3. The molecule has 206 valence electrons. The van der Waals surface area contributed by atoms with Crippen LogP contribution < -0.4 is 10.6 Å². The van der Waals surface area contributed by atoms with Crippen LogP contribution in [0.15, 0.2) is 29.8 Å². The van der Waals surface area contributed by atoms with Crippen molar-refractivity contribution in [3.05, 3.63) is 41.0 Å². The van der Waals surface area contributed by atoms with Crippen LogP contribution in [0.1, 0.15) is 57.7 Å². The highest BCUT2D eigenvalue weighted by Crippen LogP contribution is 2.28. The summed E-state index contributed by atoms with van der Waals surface area (Å²) in [4.78, 5) is 56.5. The topological polar surface area (TPSA) is 149 Å². The number of nitrogens with zero attached hydrogens (tertiary/aromatic N) is 2. The highest BCUT2D eigenvalue weighted by atomic mass is 32.1. The number of carboxylic acid groups (broad SMARTS) is 1. The predicted molar refractivity (Wildman–Crippen MR) is 143 cm³/mol. The standard InChI is InChI=1S/C27H36N4O6S/c1-16-23(38-15-29-16)18-10-8-17(9-11-18)13-28-25(36)20-12-19(32)14-31(20)26(37)24(27(2,3)4)30-21(33)6-5-7-22(34)35/h8-11,15,19-20,24,32H,5-7,12-14H2,1-4H3,(H,28,36)(H,30,33)(H,34,35)/t19?,20?,24-/m1/s1. The number of aryl methyl sites for hydroxylation is 1. The van der Waals surface area contributed by atoms with E-state index >= 15 is 0 Å². The van der Waals surface area contributed by atoms with Crippen LogP contribution in [0.3, 0.4) is 0 Å². The Morgan fingerprint density at radius 3 is 2.42 bits per heavy atom. The van der Waals surface area contributed by atoms with E-state index < -0.39 is 41.4 Å². The Balaban J connectivity index is 1.64. The third-order valence-electron chi connectivity index (χ3n) is 6.51. The van der Waals surface area contributed by atoms with Crippen LogP contribution in [0.2, 0.25) is 0 Å². The number of carboxylic acids is 1. The van der Waals surface area contributed by atoms with Crippen LogP contribution in [0.4, 0.5) is 0 Å². The van der Waals surface area contributed by atoms with Gasteiger partial charge < -0.3 is 25.7 Å². The molecule has 1 aliphatic heterocycles. The summed E-state index contributed by atoms with van der Waals surface area (Å²) in [6, 6.07) is 6.00. The van der Waals surface area contributed by atoms with Crippen LogP contribution in [-0.2, 0) is 25.7 Å². The second kappa shape index (κ2) is 12.5. The molecular formula is C27H36N4O6S. The first-order valence-corrected chi connectivity index (χ1v) is 13.5. The highest BCUT2D eigenvalue weighted by Gasteiger charge is 2.44. The van der Waals surface area contributed by atoms with Crippen molar-refractivity contribution in [2.45, 2.75) is 78.1 Å². The Morgan fingerprint density at radius 2 is 1.84 bits per heavy atom. The van der Waals surface area contributed by atoms with Gasteiger partial charge in [0.2, 0.25) is 17.7 Å². The zero-order valence-electron chi connectivity index (χ0n) is 22.2. The molecule has 1 aromatic heterocycles. The van der Waals surface area contributed by atoms with E-state index in [0.29, 0.717) is 0 Å². The number of aliphatic hydroxyl groups excluding tert-OH is 1. The van der Waals surface area contributed by atoms with Gasteiger partial charge in [-0.25, -0.2) is 4.98 Å². The number of aliphatic carboxylic acids is 1. The molecule has 0 aliphatic carbocycles. The average molecular weight is 545 g/mol. The van der Waals surface area contributed by atoms with Gasteiger partial charge in [-0.05, 0) is 29.9 Å². The first-order chi connectivity index (χ1) is 17.9. The van der Waals surface area contributed by atoms with Gasteiger partial charge in [-0.3, -0.25) is 19.2 Å². The van der Waals surface area contributed by atoms with Gasteiger partial charge in [-0.15, -0.1) is 11.3 Å². The van der Waals surface area contributed by atoms with E-state index in [1.807, 2.05) is 31.2 Å². The fourth-order valence-corrected chi connectivity index (χ4v) is 5.23. The lowest BCUT2D eigenvalue weighted by Gasteiger charge is -2.35. The zero-order valence-corrected chi connectivity index (χ0v) is 23.0. The number of likely N-dealkylation sites (tertiary alicyclic amines) is 1. The Labute approximate surface area is 226 Å². The fourth-order valence-electron chi connectivity index (χ4n) is 4.41. The Kier molecular flexibility index (Phi) is 9.61. The summed E-state index contributed by atoms with van der Waals surface area (Å²) >= 11 is 1.57. The quantitative estimate of drug-likeness (QED) is 0.359. The Hall–Kier alpha value is -3.31. The van der Waals surface area contributed by atoms with Crippen LogP contribution >= 0.6 is 11.3 Å². The van der Waals surface area contributed by atoms with Crippen molar-refractivity contribution in [3.8, 4) is 10.4 Å². The third-order valence-corrected chi connectivity index (χ3v) is 7.48. The van der Waals surface area contributed by atoms with E-state index in [2.05, 4.69) is 15.6 Å². The van der Waals surface area contributed by atoms with Crippen molar-refractivity contribution in [3.63, 3.8) is 0 Å². The molecule has 38 heavy (non-hydrogen) atoms. The molecule has 3 amide bonds. The van der Waals surface area contributed by atoms with Crippen molar-refractivity contribution >= 4 is 35.0 Å². The lowest BCUT2D eigenvalue weighted by atomic mass is 9.85. The van der Waals surface area contributed by atoms with E-state index in [9.17, 15) is 24.3 Å². The molecule has 1 aromatic carbocycles. The Bertz CT molecular complexity index is 1160. The maximum atomic E-state index is 13.5. The number of aromatic nitrogens is 1. The minimum absolute atomic E-state index is 0.0126. The first kappa shape index (κ1) is 29.2. The number of carbonyl (C=O) groups excluding carboxylic acids is 3. The molecule has 3 rings (SSSR count). The van der Waals surface area contributed by atoms with Gasteiger partial charge in [0.25, 0.3) is 0 Å². The molecule has 0 radical (unpaired) electrons. The van der Waals surface area contributed by atoms with E-state index in [1.54, 1.807) is 37.6 Å². The van der Waals surface area contributed by atoms with Gasteiger partial charge in [-0.2, -0.15) is 0 Å². The van der Waals surface area contributed by atoms with Crippen LogP contribution in [0.25, 0.3) is 10.4 Å². The first-order valence-electron chi connectivity index (χ1n) is 12.6. The SMILES string of the molecule is Cc1ncsc1-c1ccc(CNC(=O)C2CC(O)CN2C(=O)[C@@H](NC(=O)CCCC(=O)O)C(C)(C)C)cc1. The van der Waals surface area contributed by atoms with E-state index in [1.165, 1.54) is 4.90 Å². The maximum absolute atomic E-state index is 13.5. The molecular weight excluding hydrogens is 508 g/mol. The van der Waals surface area contributed by atoms with Crippen molar-refractivity contribution < 1.29 is 29.4 Å². The van der Waals surface area contributed by atoms with E-state index in [-0.39, 0.29) is 44.7 Å². The summed E-state index contributed by atoms with van der Waals surface area (Å²) in [5, 5.41) is 24.7. The molecule has 1 fully saturated rings. The third kappa shape index (κ3) is 7.61. The lowest BCUT2D eigenvalue weighted by Crippen LogP contribution is -2.57. The molecule has 1 saturated heterocycles. The average Bonchev–Trinajstić information content (AvgIpc) is 3.45. The molecule has 2 heterocycles. The van der Waals surface area contributed by atoms with Gasteiger partial charge in [0.05, 0.1) is 22.2 Å². The molecule has 0 bridgehead atoms. The summed E-state index contributed by atoms with van der Waals surface area (Å²) < 4.78 is 0. The monoisotopic (exact) mass is 544 g/mol. The number of nitrogens with one attached hydrogen (secondary N) is 2. The molecule has 2 aromatic rings. The Morgan fingerprint density at radius 1 is 1.16 bits per heavy atom. The van der Waals surface area contributed by atoms with Gasteiger partial charge >= 0.3 is 5.97 Å². The smallest absolute Gasteiger partial charge is 0.303 e. The molecule has 2 unspecified atom stereocenters. The maximum Gasteiger partial charge on any atom is 0.303 e. The molecule has 10 nitrogen and oxygen atoms in total. The normalized spacial score (nSPS) is 18.2. The van der Waals surface area contributed by atoms with Gasteiger partial charge in [0.15, 0.2) is 0 Å². The molecule has 0 saturated carbocycles. The number of hydrogen-bond donors (Lipinski definition) is 4. The van der Waals surface area contributed by atoms with Crippen molar-refractivity contribution in [2.24, 2.45) is 5.41 Å². The minimum Gasteiger partial charge on any atom is -0.481 e. The number of rotatable bonds is 10. The number of benzene rings is 1. The summed E-state index contributed by atoms with van der Waals surface area (Å²) in [6.45, 7) is 7.60. The van der Waals surface area contributed by atoms with Crippen LogP contribution in [0, 0.1) is 12.3 Å². The molecule has 11 heteroatoms. The van der Waals surface area contributed by atoms with Crippen LogP contribution in [-0.4, -0.2) is 68.5 Å². The van der Waals surface area contributed by atoms with E-state index in [4.69, 9.17) is 5.11 Å². The summed E-state index contributed by atoms with van der Waals surface area (Å²) in [5.74, 6) is -2.26. The van der Waals surface area contributed by atoms with Gasteiger partial charge in [-0.1, -0.05) is 45.0 Å². The van der Waals surface area contributed by atoms with Crippen molar-refractivity contribution in [2.75, 3.05) is 6.54 Å². The fraction of sp³-hybridized carbons (Fsp3) is 0.519.